The van der Waals surface area contributed by atoms with Crippen molar-refractivity contribution in [3.8, 4) is 0 Å². The zero-order chi connectivity index (χ0) is 15.2. The summed E-state index contributed by atoms with van der Waals surface area (Å²) in [6.45, 7) is 1.98. The Kier molecular flexibility index (Phi) is 5.71. The molecule has 2 aromatic rings. The van der Waals surface area contributed by atoms with Gasteiger partial charge in [0.25, 0.3) is 0 Å². The van der Waals surface area contributed by atoms with Gasteiger partial charge in [-0.1, -0.05) is 54.1 Å². The Bertz CT molecular complexity index is 613. The zero-order valence-corrected chi connectivity index (χ0v) is 13.3. The molecule has 4 heteroatoms. The molecule has 0 aliphatic carbocycles. The van der Waals surface area contributed by atoms with E-state index in [4.69, 9.17) is 11.6 Å². The van der Waals surface area contributed by atoms with Gasteiger partial charge in [-0.25, -0.2) is 0 Å². The third-order valence-electron chi connectivity index (χ3n) is 3.19. The van der Waals surface area contributed by atoms with E-state index in [0.29, 0.717) is 17.2 Å². The predicted octanol–water partition coefficient (Wildman–Crippen LogP) is 4.58. The van der Waals surface area contributed by atoms with Crippen molar-refractivity contribution in [3.05, 3.63) is 70.2 Å². The molecular weight excluding hydrogens is 304 g/mol. The first kappa shape index (κ1) is 15.9. The average molecular weight is 321 g/mol. The molecule has 1 N–H and O–H groups in total. The summed E-state index contributed by atoms with van der Waals surface area (Å²) >= 11 is 7.61. The molecule has 0 aliphatic rings. The van der Waals surface area contributed by atoms with Gasteiger partial charge in [-0.3, -0.25) is 4.79 Å². The number of rotatable bonds is 6. The van der Waals surface area contributed by atoms with Crippen molar-refractivity contribution in [1.29, 1.82) is 0 Å². The number of thioether (sulfide) groups is 1. The molecule has 21 heavy (non-hydrogen) atoms. The van der Waals surface area contributed by atoms with Crippen LogP contribution in [-0.2, 0) is 17.0 Å². The molecule has 1 unspecified atom stereocenters. The number of hydrogen-bond donors (Lipinski definition) is 1. The monoisotopic (exact) mass is 320 g/mol. The molecule has 1 atom stereocenters. The van der Waals surface area contributed by atoms with Crippen molar-refractivity contribution in [1.82, 2.24) is 0 Å². The van der Waals surface area contributed by atoms with Crippen LogP contribution in [0.25, 0.3) is 0 Å². The summed E-state index contributed by atoms with van der Waals surface area (Å²) in [6.07, 6.45) is 0.518. The van der Waals surface area contributed by atoms with Crippen LogP contribution in [0, 0.1) is 6.92 Å². The van der Waals surface area contributed by atoms with Crippen molar-refractivity contribution >= 4 is 29.3 Å². The van der Waals surface area contributed by atoms with Gasteiger partial charge < -0.3 is 5.11 Å². The van der Waals surface area contributed by atoms with Gasteiger partial charge >= 0.3 is 5.97 Å². The van der Waals surface area contributed by atoms with E-state index < -0.39 is 11.2 Å². The highest BCUT2D eigenvalue weighted by Crippen LogP contribution is 2.26. The summed E-state index contributed by atoms with van der Waals surface area (Å²) in [5.74, 6) is -0.185. The highest BCUT2D eigenvalue weighted by Gasteiger charge is 2.19. The second-order valence-corrected chi connectivity index (χ2v) is 6.52. The Morgan fingerprint density at radius 1 is 1.24 bits per heavy atom. The van der Waals surface area contributed by atoms with Crippen LogP contribution in [0.1, 0.15) is 16.7 Å². The average Bonchev–Trinajstić information content (AvgIpc) is 2.46. The van der Waals surface area contributed by atoms with Crippen LogP contribution >= 0.6 is 23.4 Å². The lowest BCUT2D eigenvalue weighted by Crippen LogP contribution is -2.19. The molecule has 2 aromatic carbocycles. The van der Waals surface area contributed by atoms with Crippen LogP contribution in [0.2, 0.25) is 5.02 Å². The Hall–Kier alpha value is -1.45. The van der Waals surface area contributed by atoms with Crippen LogP contribution in [0.15, 0.2) is 48.5 Å². The maximum atomic E-state index is 11.4. The quantitative estimate of drug-likeness (QED) is 0.846. The number of carboxylic acids is 1. The summed E-state index contributed by atoms with van der Waals surface area (Å²) in [6, 6.07) is 15.6. The minimum absolute atomic E-state index is 0.468. The van der Waals surface area contributed by atoms with Crippen molar-refractivity contribution in [2.45, 2.75) is 24.3 Å². The molecule has 110 valence electrons. The lowest BCUT2D eigenvalue weighted by Gasteiger charge is -2.13. The SMILES string of the molecule is Cc1ccc(CSC(Cc2ccccc2)C(=O)O)c(Cl)c1. The van der Waals surface area contributed by atoms with Crippen LogP contribution in [-0.4, -0.2) is 16.3 Å². The summed E-state index contributed by atoms with van der Waals surface area (Å²) in [7, 11) is 0. The van der Waals surface area contributed by atoms with E-state index in [0.717, 1.165) is 16.7 Å². The van der Waals surface area contributed by atoms with E-state index >= 15 is 0 Å². The summed E-state index contributed by atoms with van der Waals surface area (Å²) in [4.78, 5) is 11.4. The Balaban J connectivity index is 2.02. The van der Waals surface area contributed by atoms with Crippen LogP contribution in [0.3, 0.4) is 0 Å². The van der Waals surface area contributed by atoms with Gasteiger partial charge in [-0.15, -0.1) is 11.8 Å². The molecule has 0 saturated heterocycles. The van der Waals surface area contributed by atoms with E-state index in [1.807, 2.05) is 55.5 Å². The van der Waals surface area contributed by atoms with Crippen molar-refractivity contribution in [2.75, 3.05) is 0 Å². The molecule has 0 saturated carbocycles. The molecule has 0 bridgehead atoms. The van der Waals surface area contributed by atoms with Gasteiger partial charge in [0.15, 0.2) is 0 Å². The molecule has 0 aliphatic heterocycles. The normalized spacial score (nSPS) is 12.1. The van der Waals surface area contributed by atoms with Crippen LogP contribution in [0.5, 0.6) is 0 Å². The molecule has 0 fully saturated rings. The van der Waals surface area contributed by atoms with E-state index in [-0.39, 0.29) is 0 Å². The van der Waals surface area contributed by atoms with Gasteiger partial charge in [0.05, 0.1) is 0 Å². The number of benzene rings is 2. The molecular formula is C17H17ClO2S. The lowest BCUT2D eigenvalue weighted by atomic mass is 10.1. The number of halogens is 1. The first-order valence-electron chi connectivity index (χ1n) is 6.69. The molecule has 2 nitrogen and oxygen atoms in total. The third-order valence-corrected chi connectivity index (χ3v) is 4.79. The highest BCUT2D eigenvalue weighted by atomic mass is 35.5. The van der Waals surface area contributed by atoms with Gasteiger partial charge in [0, 0.05) is 10.8 Å². The predicted molar refractivity (Wildman–Crippen MR) is 89.1 cm³/mol. The third kappa shape index (κ3) is 4.80. The number of aryl methyl sites for hydroxylation is 1. The summed E-state index contributed by atoms with van der Waals surface area (Å²) < 4.78 is 0. The molecule has 0 spiro atoms. The minimum Gasteiger partial charge on any atom is -0.480 e. The smallest absolute Gasteiger partial charge is 0.316 e. The molecule has 0 aromatic heterocycles. The maximum Gasteiger partial charge on any atom is 0.316 e. The van der Waals surface area contributed by atoms with Gasteiger partial charge in [-0.05, 0) is 36.1 Å². The first-order valence-corrected chi connectivity index (χ1v) is 8.12. The molecule has 0 radical (unpaired) electrons. The van der Waals surface area contributed by atoms with Crippen molar-refractivity contribution in [3.63, 3.8) is 0 Å². The van der Waals surface area contributed by atoms with Gasteiger partial charge in [-0.2, -0.15) is 0 Å². The number of hydrogen-bond acceptors (Lipinski definition) is 2. The molecule has 0 amide bonds. The first-order chi connectivity index (χ1) is 10.1. The number of carboxylic acid groups (broad SMARTS) is 1. The summed E-state index contributed by atoms with van der Waals surface area (Å²) in [5.41, 5.74) is 3.12. The van der Waals surface area contributed by atoms with Crippen LogP contribution < -0.4 is 0 Å². The maximum absolute atomic E-state index is 11.4. The fourth-order valence-electron chi connectivity index (χ4n) is 2.01. The van der Waals surface area contributed by atoms with Crippen molar-refractivity contribution in [2.24, 2.45) is 0 Å². The standard InChI is InChI=1S/C17H17ClO2S/c1-12-7-8-14(15(18)9-12)11-21-16(17(19)20)10-13-5-3-2-4-6-13/h2-9,16H,10-11H2,1H3,(H,19,20). The second-order valence-electron chi connectivity index (χ2n) is 4.92. The van der Waals surface area contributed by atoms with E-state index in [1.165, 1.54) is 11.8 Å². The minimum atomic E-state index is -0.785. The number of carbonyl (C=O) groups is 1. The number of aliphatic carboxylic acids is 1. The Morgan fingerprint density at radius 2 is 1.95 bits per heavy atom. The van der Waals surface area contributed by atoms with E-state index in [9.17, 15) is 9.90 Å². The summed E-state index contributed by atoms with van der Waals surface area (Å²) in [5, 5.41) is 9.60. The van der Waals surface area contributed by atoms with E-state index in [1.54, 1.807) is 0 Å². The van der Waals surface area contributed by atoms with Gasteiger partial charge in [0.1, 0.15) is 5.25 Å². The van der Waals surface area contributed by atoms with Gasteiger partial charge in [0.2, 0.25) is 0 Å². The Labute approximate surface area is 134 Å². The lowest BCUT2D eigenvalue weighted by molar-refractivity contribution is -0.136. The van der Waals surface area contributed by atoms with E-state index in [2.05, 4.69) is 0 Å². The molecule has 0 heterocycles. The van der Waals surface area contributed by atoms with Crippen LogP contribution in [0.4, 0.5) is 0 Å². The zero-order valence-electron chi connectivity index (χ0n) is 11.8. The van der Waals surface area contributed by atoms with Crippen molar-refractivity contribution < 1.29 is 9.90 Å². The Morgan fingerprint density at radius 3 is 2.57 bits per heavy atom. The topological polar surface area (TPSA) is 37.3 Å². The molecule has 2 rings (SSSR count). The largest absolute Gasteiger partial charge is 0.480 e. The second kappa shape index (κ2) is 7.53. The fourth-order valence-corrected chi connectivity index (χ4v) is 3.47. The fraction of sp³-hybridized carbons (Fsp3) is 0.235. The highest BCUT2D eigenvalue weighted by molar-refractivity contribution is 7.99.